The normalized spacial score (nSPS) is 14.0. The Balaban J connectivity index is 0.000000383. The topological polar surface area (TPSA) is 123 Å². The number of nitrogens with one attached hydrogen (secondary N) is 1. The van der Waals surface area contributed by atoms with Gasteiger partial charge in [-0.25, -0.2) is 14.2 Å². The summed E-state index contributed by atoms with van der Waals surface area (Å²) >= 11 is 0. The van der Waals surface area contributed by atoms with E-state index in [1.807, 2.05) is 6.07 Å². The van der Waals surface area contributed by atoms with E-state index in [0.717, 1.165) is 31.1 Å². The van der Waals surface area contributed by atoms with Crippen molar-refractivity contribution in [1.82, 2.24) is 15.0 Å². The van der Waals surface area contributed by atoms with Crippen molar-refractivity contribution in [2.75, 3.05) is 18.1 Å². The molecule has 0 amide bonds. The molecule has 1 aromatic carbocycles. The number of aliphatic carboxylic acids is 1. The molecule has 1 aliphatic carbocycles. The number of hydrogen-bond donors (Lipinski definition) is 3. The molecule has 176 valence electrons. The number of nitrogen functional groups attached to an aromatic ring is 1. The van der Waals surface area contributed by atoms with E-state index in [1.165, 1.54) is 6.07 Å². The van der Waals surface area contributed by atoms with Gasteiger partial charge in [-0.3, -0.25) is 0 Å². The number of rotatable bonds is 4. The molecule has 33 heavy (non-hydrogen) atoms. The van der Waals surface area contributed by atoms with Crippen LogP contribution in [-0.2, 0) is 4.79 Å². The van der Waals surface area contributed by atoms with Gasteiger partial charge in [-0.05, 0) is 49.9 Å². The summed E-state index contributed by atoms with van der Waals surface area (Å²) in [5.41, 5.74) is 6.98. The average Bonchev–Trinajstić information content (AvgIpc) is 3.25. The molecule has 1 aliphatic rings. The maximum atomic E-state index is 14.6. The van der Waals surface area contributed by atoms with Crippen LogP contribution < -0.4 is 15.8 Å². The van der Waals surface area contributed by atoms with Crippen LogP contribution in [0.5, 0.6) is 5.75 Å². The summed E-state index contributed by atoms with van der Waals surface area (Å²) in [6.45, 7) is 0. The van der Waals surface area contributed by atoms with Crippen molar-refractivity contribution in [2.45, 2.75) is 38.0 Å². The van der Waals surface area contributed by atoms with Crippen LogP contribution in [0.15, 0.2) is 30.3 Å². The lowest BCUT2D eigenvalue weighted by atomic mass is 10.1. The van der Waals surface area contributed by atoms with Crippen molar-refractivity contribution >= 4 is 28.8 Å². The van der Waals surface area contributed by atoms with E-state index in [4.69, 9.17) is 20.4 Å². The first-order chi connectivity index (χ1) is 15.6. The molecular weight excluding hydrogens is 446 g/mol. The Morgan fingerprint density at radius 1 is 1.15 bits per heavy atom. The lowest BCUT2D eigenvalue weighted by Gasteiger charge is -2.17. The van der Waals surface area contributed by atoms with Gasteiger partial charge in [0, 0.05) is 7.05 Å². The number of nitrogens with zero attached hydrogens (tertiary/aromatic N) is 3. The molecule has 2 heterocycles. The van der Waals surface area contributed by atoms with Crippen molar-refractivity contribution in [1.29, 1.82) is 0 Å². The molecule has 0 bridgehead atoms. The molecule has 4 N–H and O–H groups in total. The van der Waals surface area contributed by atoms with E-state index in [-0.39, 0.29) is 17.9 Å². The Hall–Kier alpha value is -3.70. The number of carbonyl (C=O) groups is 1. The molecule has 0 radical (unpaired) electrons. The number of hydrogen-bond acceptors (Lipinski definition) is 7. The van der Waals surface area contributed by atoms with Crippen molar-refractivity contribution < 1.29 is 32.2 Å². The number of fused-ring (bicyclic) bond motifs is 1. The highest BCUT2D eigenvalue weighted by atomic mass is 19.4. The smallest absolute Gasteiger partial charge is 0.490 e. The summed E-state index contributed by atoms with van der Waals surface area (Å²) in [6, 6.07) is 8.42. The molecule has 0 spiro atoms. The van der Waals surface area contributed by atoms with Gasteiger partial charge in [0.25, 0.3) is 0 Å². The predicted molar refractivity (Wildman–Crippen MR) is 113 cm³/mol. The third kappa shape index (κ3) is 5.76. The second kappa shape index (κ2) is 9.84. The van der Waals surface area contributed by atoms with E-state index in [1.54, 1.807) is 25.2 Å². The fourth-order valence-electron chi connectivity index (χ4n) is 3.39. The molecule has 0 atom stereocenters. The Bertz CT molecular complexity index is 1150. The molecule has 4 rings (SSSR count). The number of carboxylic acid groups (broad SMARTS) is 1. The van der Waals surface area contributed by atoms with Gasteiger partial charge < -0.3 is 20.9 Å². The lowest BCUT2D eigenvalue weighted by molar-refractivity contribution is -0.192. The highest BCUT2D eigenvalue weighted by molar-refractivity contribution is 5.89. The highest BCUT2D eigenvalue weighted by Gasteiger charge is 2.38. The van der Waals surface area contributed by atoms with Crippen molar-refractivity contribution in [3.05, 3.63) is 36.1 Å². The minimum absolute atomic E-state index is 0.113. The summed E-state index contributed by atoms with van der Waals surface area (Å²) in [6.07, 6.45) is -0.670. The number of benzene rings is 1. The number of alkyl halides is 3. The first-order valence-corrected chi connectivity index (χ1v) is 9.97. The second-order valence-corrected chi connectivity index (χ2v) is 7.19. The summed E-state index contributed by atoms with van der Waals surface area (Å²) in [5.74, 6) is -1.92. The number of anilines is 2. The van der Waals surface area contributed by atoms with Crippen LogP contribution >= 0.6 is 0 Å². The highest BCUT2D eigenvalue weighted by Crippen LogP contribution is 2.35. The van der Waals surface area contributed by atoms with E-state index >= 15 is 0 Å². The Kier molecular flexibility index (Phi) is 7.14. The van der Waals surface area contributed by atoms with Crippen LogP contribution in [-0.4, -0.2) is 45.4 Å². The molecule has 2 aromatic heterocycles. The van der Waals surface area contributed by atoms with Crippen molar-refractivity contribution in [3.63, 3.8) is 0 Å². The number of pyridine rings is 1. The SMILES string of the molecule is CNc1nc(N)nc2nc(-c3c(F)cccc3OC3CCCC3)ccc12.O=C(O)C(F)(F)F. The van der Waals surface area contributed by atoms with Gasteiger partial charge in [0.05, 0.1) is 22.7 Å². The fourth-order valence-corrected chi connectivity index (χ4v) is 3.39. The molecular formula is C21H21F4N5O3. The molecule has 8 nitrogen and oxygen atoms in total. The summed E-state index contributed by atoms with van der Waals surface area (Å²) in [5, 5.41) is 10.8. The van der Waals surface area contributed by atoms with Gasteiger partial charge in [0.2, 0.25) is 5.95 Å². The van der Waals surface area contributed by atoms with Crippen LogP contribution in [0, 0.1) is 5.82 Å². The zero-order chi connectivity index (χ0) is 24.2. The van der Waals surface area contributed by atoms with Crippen LogP contribution in [0.2, 0.25) is 0 Å². The first-order valence-electron chi connectivity index (χ1n) is 9.97. The van der Waals surface area contributed by atoms with Gasteiger partial charge in [-0.15, -0.1) is 0 Å². The van der Waals surface area contributed by atoms with Gasteiger partial charge in [-0.1, -0.05) is 6.07 Å². The van der Waals surface area contributed by atoms with Crippen LogP contribution in [0.3, 0.4) is 0 Å². The standard InChI is InChI=1S/C19H20FN5O.C2HF3O2/c1-22-17-12-9-10-14(23-18(12)25-19(21)24-17)16-13(20)7-4-8-15(16)26-11-5-2-3-6-11;3-2(4,5)1(6)7/h4,7-11H,2-3,5-6H2,1H3,(H3,21,22,23,24,25);(H,6,7). The van der Waals surface area contributed by atoms with Gasteiger partial charge in [0.1, 0.15) is 17.4 Å². The Morgan fingerprint density at radius 2 is 1.82 bits per heavy atom. The van der Waals surface area contributed by atoms with Gasteiger partial charge in [-0.2, -0.15) is 23.1 Å². The molecule has 0 aliphatic heterocycles. The summed E-state index contributed by atoms with van der Waals surface area (Å²) < 4.78 is 52.5. The molecule has 3 aromatic rings. The number of halogens is 4. The van der Waals surface area contributed by atoms with Crippen molar-refractivity contribution in [2.24, 2.45) is 0 Å². The monoisotopic (exact) mass is 467 g/mol. The van der Waals surface area contributed by atoms with Crippen LogP contribution in [0.25, 0.3) is 22.3 Å². The largest absolute Gasteiger partial charge is 0.490 e. The first kappa shape index (κ1) is 24.0. The average molecular weight is 467 g/mol. The Labute approximate surface area is 185 Å². The van der Waals surface area contributed by atoms with Crippen LogP contribution in [0.1, 0.15) is 25.7 Å². The fraction of sp³-hybridized carbons (Fsp3) is 0.333. The summed E-state index contributed by atoms with van der Waals surface area (Å²) in [4.78, 5) is 21.7. The van der Waals surface area contributed by atoms with Crippen LogP contribution in [0.4, 0.5) is 29.3 Å². The number of carboxylic acids is 1. The third-order valence-corrected chi connectivity index (χ3v) is 4.88. The summed E-state index contributed by atoms with van der Waals surface area (Å²) in [7, 11) is 1.75. The molecule has 1 saturated carbocycles. The maximum absolute atomic E-state index is 14.6. The minimum atomic E-state index is -5.08. The predicted octanol–water partition coefficient (Wildman–Crippen LogP) is 4.41. The zero-order valence-corrected chi connectivity index (χ0v) is 17.5. The van der Waals surface area contributed by atoms with Crippen molar-refractivity contribution in [3.8, 4) is 17.0 Å². The van der Waals surface area contributed by atoms with E-state index < -0.39 is 12.1 Å². The number of nitrogens with two attached hydrogens (primary N) is 1. The zero-order valence-electron chi connectivity index (χ0n) is 17.5. The number of aromatic nitrogens is 3. The van der Waals surface area contributed by atoms with E-state index in [0.29, 0.717) is 28.5 Å². The van der Waals surface area contributed by atoms with E-state index in [9.17, 15) is 17.6 Å². The lowest BCUT2D eigenvalue weighted by Crippen LogP contribution is -2.21. The number of ether oxygens (including phenoxy) is 1. The maximum Gasteiger partial charge on any atom is 0.490 e. The quantitative estimate of drug-likeness (QED) is 0.482. The van der Waals surface area contributed by atoms with E-state index in [2.05, 4.69) is 20.3 Å². The molecule has 0 saturated heterocycles. The molecule has 1 fully saturated rings. The molecule has 0 unspecified atom stereocenters. The third-order valence-electron chi connectivity index (χ3n) is 4.88. The Morgan fingerprint density at radius 3 is 2.42 bits per heavy atom. The minimum Gasteiger partial charge on any atom is -0.490 e. The van der Waals surface area contributed by atoms with Gasteiger partial charge >= 0.3 is 12.1 Å². The second-order valence-electron chi connectivity index (χ2n) is 7.19. The molecule has 12 heteroatoms. The van der Waals surface area contributed by atoms with Gasteiger partial charge in [0.15, 0.2) is 5.65 Å².